The largest absolute Gasteiger partial charge is 0.496 e. The Morgan fingerprint density at radius 2 is 2.10 bits per heavy atom. The van der Waals surface area contributed by atoms with Crippen LogP contribution < -0.4 is 10.1 Å². The second kappa shape index (κ2) is 7.51. The van der Waals surface area contributed by atoms with Gasteiger partial charge in [-0.1, -0.05) is 18.2 Å². The molecule has 152 valence electrons. The van der Waals surface area contributed by atoms with Gasteiger partial charge in [-0.2, -0.15) is 0 Å². The molecule has 0 radical (unpaired) electrons. The summed E-state index contributed by atoms with van der Waals surface area (Å²) in [6.07, 6.45) is 2.30. The Labute approximate surface area is 173 Å². The van der Waals surface area contributed by atoms with Crippen molar-refractivity contribution in [3.63, 3.8) is 0 Å². The second-order valence-corrected chi connectivity index (χ2v) is 8.40. The molecule has 1 aromatic heterocycles. The van der Waals surface area contributed by atoms with Gasteiger partial charge in [0, 0.05) is 29.6 Å². The van der Waals surface area contributed by atoms with E-state index >= 15 is 0 Å². The Kier molecular flexibility index (Phi) is 5.04. The third-order valence-electron chi connectivity index (χ3n) is 5.66. The number of urea groups is 1. The third kappa shape index (κ3) is 3.27. The third-order valence-corrected chi connectivity index (χ3v) is 6.64. The summed E-state index contributed by atoms with van der Waals surface area (Å²) in [5.74, 6) is 0.0481. The van der Waals surface area contributed by atoms with Crippen LogP contribution in [0.3, 0.4) is 0 Å². The molecule has 29 heavy (non-hydrogen) atoms. The van der Waals surface area contributed by atoms with Gasteiger partial charge in [0.05, 0.1) is 7.11 Å². The quantitative estimate of drug-likeness (QED) is 0.764. The van der Waals surface area contributed by atoms with Crippen molar-refractivity contribution in [2.45, 2.75) is 31.3 Å². The van der Waals surface area contributed by atoms with E-state index in [1.54, 1.807) is 25.5 Å². The molecule has 4 rings (SSSR count). The molecule has 8 heteroatoms. The molecule has 1 spiro atoms. The minimum atomic E-state index is -1.02. The van der Waals surface area contributed by atoms with E-state index in [-0.39, 0.29) is 18.4 Å². The number of hydrogen-bond acceptors (Lipinski definition) is 5. The van der Waals surface area contributed by atoms with Gasteiger partial charge in [-0.25, -0.2) is 4.79 Å². The highest BCUT2D eigenvalue weighted by Crippen LogP contribution is 2.42. The van der Waals surface area contributed by atoms with Gasteiger partial charge in [0.2, 0.25) is 5.91 Å². The first-order valence-corrected chi connectivity index (χ1v) is 10.4. The molecule has 2 aliphatic rings. The first-order chi connectivity index (χ1) is 14.0. The molecule has 1 aromatic carbocycles. The number of para-hydroxylation sites is 1. The smallest absolute Gasteiger partial charge is 0.325 e. The number of amides is 4. The lowest BCUT2D eigenvalue weighted by molar-refractivity contribution is -0.139. The zero-order valence-electron chi connectivity index (χ0n) is 16.4. The van der Waals surface area contributed by atoms with Crippen LogP contribution in [0.15, 0.2) is 35.7 Å². The fraction of sp³-hybridized carbons (Fsp3) is 0.381. The van der Waals surface area contributed by atoms with E-state index in [1.165, 1.54) is 4.90 Å². The molecular formula is C21H23N3O4S. The fourth-order valence-corrected chi connectivity index (χ4v) is 5.12. The Bertz CT molecular complexity index is 972. The van der Waals surface area contributed by atoms with Gasteiger partial charge >= 0.3 is 6.03 Å². The number of carbonyl (C=O) groups is 3. The van der Waals surface area contributed by atoms with Crippen LogP contribution in [-0.2, 0) is 28.1 Å². The normalized spacial score (nSPS) is 20.6. The standard InChI is InChI=1S/C21H23N3O4S/c1-23(12-14-6-3-4-7-16(14)28-2)18(25)13-24-19(26)21(22-20(24)27)10-5-8-17-15(21)9-11-29-17/h3-4,6-7,9,11H,5,8,10,12-13H2,1-2H3,(H,22,27)/t21-/m0/s1. The number of imide groups is 1. The summed E-state index contributed by atoms with van der Waals surface area (Å²) in [5, 5.41) is 4.83. The van der Waals surface area contributed by atoms with E-state index in [9.17, 15) is 14.4 Å². The lowest BCUT2D eigenvalue weighted by atomic mass is 9.80. The number of thiophene rings is 1. The van der Waals surface area contributed by atoms with E-state index < -0.39 is 11.6 Å². The minimum Gasteiger partial charge on any atom is -0.496 e. The SMILES string of the molecule is COc1ccccc1CN(C)C(=O)CN1C(=O)N[C@]2(CCCc3sccc32)C1=O. The van der Waals surface area contributed by atoms with Gasteiger partial charge in [0.25, 0.3) is 5.91 Å². The zero-order valence-corrected chi connectivity index (χ0v) is 17.3. The van der Waals surface area contributed by atoms with Crippen molar-refractivity contribution in [1.82, 2.24) is 15.1 Å². The molecule has 0 bridgehead atoms. The van der Waals surface area contributed by atoms with Crippen LogP contribution in [0.25, 0.3) is 0 Å². The Morgan fingerprint density at radius 3 is 2.90 bits per heavy atom. The summed E-state index contributed by atoms with van der Waals surface area (Å²) in [5.41, 5.74) is 0.714. The average Bonchev–Trinajstić information content (AvgIpc) is 3.29. The van der Waals surface area contributed by atoms with E-state index in [2.05, 4.69) is 5.32 Å². The molecule has 2 heterocycles. The van der Waals surface area contributed by atoms with Gasteiger partial charge < -0.3 is 15.0 Å². The molecule has 1 fully saturated rings. The van der Waals surface area contributed by atoms with Crippen molar-refractivity contribution in [3.8, 4) is 5.75 Å². The fourth-order valence-electron chi connectivity index (χ4n) is 4.12. The van der Waals surface area contributed by atoms with Crippen molar-refractivity contribution in [2.75, 3.05) is 20.7 Å². The minimum absolute atomic E-state index is 0.280. The Morgan fingerprint density at radius 1 is 1.31 bits per heavy atom. The number of aryl methyl sites for hydroxylation is 1. The molecule has 7 nitrogen and oxygen atoms in total. The lowest BCUT2D eigenvalue weighted by Crippen LogP contribution is -2.46. The summed E-state index contributed by atoms with van der Waals surface area (Å²) in [6.45, 7) is 0.0455. The maximum Gasteiger partial charge on any atom is 0.325 e. The van der Waals surface area contributed by atoms with E-state index in [1.807, 2.05) is 35.7 Å². The number of hydrogen-bond donors (Lipinski definition) is 1. The summed E-state index contributed by atoms with van der Waals surface area (Å²) in [7, 11) is 3.23. The number of likely N-dealkylation sites (N-methyl/N-ethyl adjacent to an activating group) is 1. The second-order valence-electron chi connectivity index (χ2n) is 7.40. The van der Waals surface area contributed by atoms with Crippen LogP contribution in [0.5, 0.6) is 5.75 Å². The number of benzene rings is 1. The molecule has 0 unspecified atom stereocenters. The van der Waals surface area contributed by atoms with Crippen molar-refractivity contribution >= 4 is 29.2 Å². The number of fused-ring (bicyclic) bond motifs is 2. The molecule has 0 saturated carbocycles. The summed E-state index contributed by atoms with van der Waals surface area (Å²) >= 11 is 1.61. The summed E-state index contributed by atoms with van der Waals surface area (Å²) in [6, 6.07) is 8.85. The molecule has 2 aromatic rings. The van der Waals surface area contributed by atoms with E-state index in [4.69, 9.17) is 4.74 Å². The van der Waals surface area contributed by atoms with Crippen molar-refractivity contribution < 1.29 is 19.1 Å². The van der Waals surface area contributed by atoms with Crippen LogP contribution in [0.4, 0.5) is 4.79 Å². The lowest BCUT2D eigenvalue weighted by Gasteiger charge is -2.31. The van der Waals surface area contributed by atoms with Crippen LogP contribution in [0.1, 0.15) is 28.8 Å². The first-order valence-electron chi connectivity index (χ1n) is 9.53. The van der Waals surface area contributed by atoms with Crippen molar-refractivity contribution in [1.29, 1.82) is 0 Å². The number of methoxy groups -OCH3 is 1. The molecule has 1 N–H and O–H groups in total. The van der Waals surface area contributed by atoms with Gasteiger partial charge in [-0.3, -0.25) is 14.5 Å². The highest BCUT2D eigenvalue weighted by molar-refractivity contribution is 7.10. The Balaban J connectivity index is 1.49. The van der Waals surface area contributed by atoms with Crippen LogP contribution >= 0.6 is 11.3 Å². The molecule has 1 saturated heterocycles. The monoisotopic (exact) mass is 413 g/mol. The maximum atomic E-state index is 13.2. The van der Waals surface area contributed by atoms with Gasteiger partial charge in [0.15, 0.2) is 0 Å². The molecule has 1 atom stereocenters. The average molecular weight is 413 g/mol. The predicted molar refractivity (Wildman–Crippen MR) is 109 cm³/mol. The molecular weight excluding hydrogens is 390 g/mol. The van der Waals surface area contributed by atoms with Gasteiger partial charge in [0.1, 0.15) is 17.8 Å². The van der Waals surface area contributed by atoms with Crippen molar-refractivity contribution in [3.05, 3.63) is 51.7 Å². The van der Waals surface area contributed by atoms with Crippen LogP contribution in [-0.4, -0.2) is 48.3 Å². The highest BCUT2D eigenvalue weighted by Gasteiger charge is 2.54. The van der Waals surface area contributed by atoms with Gasteiger partial charge in [-0.15, -0.1) is 11.3 Å². The number of nitrogens with zero attached hydrogens (tertiary/aromatic N) is 2. The first kappa shape index (κ1) is 19.4. The molecule has 4 amide bonds. The number of nitrogens with one attached hydrogen (secondary N) is 1. The maximum absolute atomic E-state index is 13.2. The zero-order chi connectivity index (χ0) is 20.6. The van der Waals surface area contributed by atoms with Crippen LogP contribution in [0.2, 0.25) is 0 Å². The van der Waals surface area contributed by atoms with Crippen molar-refractivity contribution in [2.24, 2.45) is 0 Å². The van der Waals surface area contributed by atoms with E-state index in [0.29, 0.717) is 18.7 Å². The number of carbonyl (C=O) groups excluding carboxylic acids is 3. The molecule has 1 aliphatic heterocycles. The van der Waals surface area contributed by atoms with Gasteiger partial charge in [-0.05, 0) is 36.8 Å². The van der Waals surface area contributed by atoms with E-state index in [0.717, 1.165) is 33.7 Å². The Hall–Kier alpha value is -2.87. The predicted octanol–water partition coefficient (Wildman–Crippen LogP) is 2.50. The van der Waals surface area contributed by atoms with Crippen LogP contribution in [0, 0.1) is 0 Å². The number of ether oxygens (including phenoxy) is 1. The molecule has 1 aliphatic carbocycles. The number of rotatable bonds is 5. The summed E-state index contributed by atoms with van der Waals surface area (Å²) in [4.78, 5) is 42.3. The topological polar surface area (TPSA) is 79.0 Å². The summed E-state index contributed by atoms with van der Waals surface area (Å²) < 4.78 is 5.33. The highest BCUT2D eigenvalue weighted by atomic mass is 32.1.